The third-order valence-corrected chi connectivity index (χ3v) is 3.01. The minimum Gasteiger partial charge on any atom is -0.325 e. The van der Waals surface area contributed by atoms with Crippen LogP contribution in [0.25, 0.3) is 0 Å². The van der Waals surface area contributed by atoms with E-state index in [2.05, 4.69) is 36.9 Å². The molecule has 0 aromatic heterocycles. The van der Waals surface area contributed by atoms with Gasteiger partial charge in [-0.2, -0.15) is 0 Å². The average molecular weight is 190 g/mol. The van der Waals surface area contributed by atoms with Crippen LogP contribution in [0.2, 0.25) is 0 Å². The summed E-state index contributed by atoms with van der Waals surface area (Å²) in [5.74, 6) is 0. The van der Waals surface area contributed by atoms with Crippen molar-refractivity contribution in [1.82, 2.24) is 4.90 Å². The highest BCUT2D eigenvalue weighted by Crippen LogP contribution is 2.18. The molecule has 1 aromatic carbocycles. The lowest BCUT2D eigenvalue weighted by atomic mass is 10.0. The van der Waals surface area contributed by atoms with Crippen LogP contribution in [0.5, 0.6) is 0 Å². The van der Waals surface area contributed by atoms with Gasteiger partial charge in [0, 0.05) is 25.7 Å². The average Bonchev–Trinajstić information content (AvgIpc) is 2.08. The maximum absolute atomic E-state index is 5.76. The van der Waals surface area contributed by atoms with Crippen molar-refractivity contribution in [3.8, 4) is 0 Å². The Balaban J connectivity index is 2.09. The van der Waals surface area contributed by atoms with Crippen LogP contribution < -0.4 is 5.73 Å². The highest BCUT2D eigenvalue weighted by atomic mass is 15.2. The predicted octanol–water partition coefficient (Wildman–Crippen LogP) is 1.45. The summed E-state index contributed by atoms with van der Waals surface area (Å²) >= 11 is 0. The van der Waals surface area contributed by atoms with Gasteiger partial charge in [-0.1, -0.05) is 18.2 Å². The van der Waals surface area contributed by atoms with Crippen LogP contribution in [0.3, 0.4) is 0 Å². The van der Waals surface area contributed by atoms with E-state index in [4.69, 9.17) is 5.73 Å². The highest BCUT2D eigenvalue weighted by molar-refractivity contribution is 5.33. The van der Waals surface area contributed by atoms with Gasteiger partial charge in [-0.05, 0) is 30.5 Å². The van der Waals surface area contributed by atoms with Crippen LogP contribution in [0.15, 0.2) is 18.2 Å². The number of aryl methyl sites for hydroxylation is 2. The minimum atomic E-state index is 0.402. The molecule has 2 N–H and O–H groups in total. The lowest BCUT2D eigenvalue weighted by Gasteiger charge is -2.37. The number of hydrogen-bond acceptors (Lipinski definition) is 2. The molecule has 2 heteroatoms. The van der Waals surface area contributed by atoms with Gasteiger partial charge in [0.05, 0.1) is 0 Å². The molecule has 0 atom stereocenters. The van der Waals surface area contributed by atoms with E-state index < -0.39 is 0 Å². The number of likely N-dealkylation sites (tertiary alicyclic amines) is 1. The Morgan fingerprint density at radius 1 is 1.29 bits per heavy atom. The van der Waals surface area contributed by atoms with Gasteiger partial charge >= 0.3 is 0 Å². The van der Waals surface area contributed by atoms with Crippen LogP contribution in [-0.2, 0) is 6.54 Å². The predicted molar refractivity (Wildman–Crippen MR) is 59.2 cm³/mol. The fourth-order valence-electron chi connectivity index (χ4n) is 2.06. The maximum atomic E-state index is 5.76. The number of nitrogens with zero attached hydrogens (tertiary/aromatic N) is 1. The summed E-state index contributed by atoms with van der Waals surface area (Å²) in [6.45, 7) is 7.53. The van der Waals surface area contributed by atoms with Gasteiger partial charge in [0.1, 0.15) is 0 Å². The van der Waals surface area contributed by atoms with Gasteiger partial charge in [-0.25, -0.2) is 0 Å². The second-order valence-corrected chi connectivity index (χ2v) is 4.32. The quantitative estimate of drug-likeness (QED) is 0.764. The van der Waals surface area contributed by atoms with Crippen LogP contribution in [0.1, 0.15) is 16.7 Å². The lowest BCUT2D eigenvalue weighted by Crippen LogP contribution is -2.55. The summed E-state index contributed by atoms with van der Waals surface area (Å²) in [6, 6.07) is 6.89. The Kier molecular flexibility index (Phi) is 2.57. The van der Waals surface area contributed by atoms with E-state index in [0.29, 0.717) is 6.04 Å². The Hall–Kier alpha value is -0.860. The van der Waals surface area contributed by atoms with E-state index >= 15 is 0 Å². The fourth-order valence-corrected chi connectivity index (χ4v) is 2.06. The topological polar surface area (TPSA) is 29.3 Å². The zero-order valence-corrected chi connectivity index (χ0v) is 8.96. The molecule has 2 rings (SSSR count). The molecule has 1 heterocycles. The summed E-state index contributed by atoms with van der Waals surface area (Å²) < 4.78 is 0. The molecule has 0 unspecified atom stereocenters. The molecular formula is C12H18N2. The normalized spacial score (nSPS) is 18.2. The molecule has 14 heavy (non-hydrogen) atoms. The lowest BCUT2D eigenvalue weighted by molar-refractivity contribution is 0.142. The van der Waals surface area contributed by atoms with E-state index in [1.54, 1.807) is 0 Å². The minimum absolute atomic E-state index is 0.402. The van der Waals surface area contributed by atoms with Crippen molar-refractivity contribution in [1.29, 1.82) is 0 Å². The molecule has 0 saturated carbocycles. The first-order valence-electron chi connectivity index (χ1n) is 5.20. The molecule has 1 saturated heterocycles. The second kappa shape index (κ2) is 3.71. The SMILES string of the molecule is Cc1cccc(C)c1CN1CC(N)C1. The van der Waals surface area contributed by atoms with E-state index in [9.17, 15) is 0 Å². The molecule has 0 radical (unpaired) electrons. The van der Waals surface area contributed by atoms with Gasteiger partial charge in [-0.3, -0.25) is 4.90 Å². The van der Waals surface area contributed by atoms with E-state index in [0.717, 1.165) is 19.6 Å². The van der Waals surface area contributed by atoms with Crippen molar-refractivity contribution in [3.63, 3.8) is 0 Å². The third-order valence-electron chi connectivity index (χ3n) is 3.01. The fraction of sp³-hybridized carbons (Fsp3) is 0.500. The summed E-state index contributed by atoms with van der Waals surface area (Å²) in [5, 5.41) is 0. The van der Waals surface area contributed by atoms with Crippen molar-refractivity contribution in [2.75, 3.05) is 13.1 Å². The Bertz CT molecular complexity index is 307. The number of nitrogens with two attached hydrogens (primary N) is 1. The first-order chi connectivity index (χ1) is 6.66. The Morgan fingerprint density at radius 3 is 2.36 bits per heavy atom. The standard InChI is InChI=1S/C12H18N2/c1-9-4-3-5-10(2)12(9)8-14-6-11(13)7-14/h3-5,11H,6-8,13H2,1-2H3. The van der Waals surface area contributed by atoms with E-state index in [-0.39, 0.29) is 0 Å². The van der Waals surface area contributed by atoms with Crippen molar-refractivity contribution in [3.05, 3.63) is 34.9 Å². The Morgan fingerprint density at radius 2 is 1.86 bits per heavy atom. The highest BCUT2D eigenvalue weighted by Gasteiger charge is 2.23. The molecule has 1 aliphatic heterocycles. The molecule has 76 valence electrons. The number of rotatable bonds is 2. The van der Waals surface area contributed by atoms with Gasteiger partial charge in [0.15, 0.2) is 0 Å². The maximum Gasteiger partial charge on any atom is 0.0297 e. The zero-order chi connectivity index (χ0) is 10.1. The molecule has 0 aliphatic carbocycles. The summed E-state index contributed by atoms with van der Waals surface area (Å²) in [5.41, 5.74) is 10.0. The first-order valence-corrected chi connectivity index (χ1v) is 5.20. The van der Waals surface area contributed by atoms with Crippen molar-refractivity contribution in [2.24, 2.45) is 5.73 Å². The van der Waals surface area contributed by atoms with Crippen molar-refractivity contribution >= 4 is 0 Å². The molecular weight excluding hydrogens is 172 g/mol. The monoisotopic (exact) mass is 190 g/mol. The summed E-state index contributed by atoms with van der Waals surface area (Å²) in [6.07, 6.45) is 0. The van der Waals surface area contributed by atoms with Crippen molar-refractivity contribution in [2.45, 2.75) is 26.4 Å². The van der Waals surface area contributed by atoms with Crippen molar-refractivity contribution < 1.29 is 0 Å². The smallest absolute Gasteiger partial charge is 0.0297 e. The van der Waals surface area contributed by atoms with Crippen LogP contribution >= 0.6 is 0 Å². The number of benzene rings is 1. The molecule has 0 bridgehead atoms. The molecule has 0 amide bonds. The zero-order valence-electron chi connectivity index (χ0n) is 8.96. The third kappa shape index (κ3) is 1.81. The molecule has 1 aromatic rings. The molecule has 2 nitrogen and oxygen atoms in total. The molecule has 1 aliphatic rings. The molecule has 1 fully saturated rings. The summed E-state index contributed by atoms with van der Waals surface area (Å²) in [4.78, 5) is 2.40. The van der Waals surface area contributed by atoms with Crippen LogP contribution in [0.4, 0.5) is 0 Å². The van der Waals surface area contributed by atoms with Gasteiger partial charge in [0.2, 0.25) is 0 Å². The van der Waals surface area contributed by atoms with Crippen LogP contribution in [0, 0.1) is 13.8 Å². The molecule has 0 spiro atoms. The van der Waals surface area contributed by atoms with Gasteiger partial charge < -0.3 is 5.73 Å². The van der Waals surface area contributed by atoms with E-state index in [1.807, 2.05) is 0 Å². The van der Waals surface area contributed by atoms with Gasteiger partial charge in [-0.15, -0.1) is 0 Å². The van der Waals surface area contributed by atoms with Gasteiger partial charge in [0.25, 0.3) is 0 Å². The first kappa shape index (κ1) is 9.69. The summed E-state index contributed by atoms with van der Waals surface area (Å²) in [7, 11) is 0. The second-order valence-electron chi connectivity index (χ2n) is 4.32. The van der Waals surface area contributed by atoms with Crippen LogP contribution in [-0.4, -0.2) is 24.0 Å². The largest absolute Gasteiger partial charge is 0.325 e. The van der Waals surface area contributed by atoms with E-state index in [1.165, 1.54) is 16.7 Å². The number of hydrogen-bond donors (Lipinski definition) is 1. The Labute approximate surface area is 85.7 Å².